The Bertz CT molecular complexity index is 836. The molecule has 1 aromatic carbocycles. The first-order chi connectivity index (χ1) is 14.0. The van der Waals surface area contributed by atoms with Gasteiger partial charge in [-0.25, -0.2) is 4.68 Å². The van der Waals surface area contributed by atoms with Crippen LogP contribution in [0.2, 0.25) is 0 Å². The van der Waals surface area contributed by atoms with Gasteiger partial charge >= 0.3 is 0 Å². The van der Waals surface area contributed by atoms with Crippen molar-refractivity contribution in [3.05, 3.63) is 29.6 Å². The molecule has 1 heterocycles. The van der Waals surface area contributed by atoms with E-state index in [4.69, 9.17) is 15.3 Å². The number of methoxy groups -OCH3 is 2. The molecule has 1 saturated carbocycles. The number of ether oxygens (including phenoxy) is 2. The summed E-state index contributed by atoms with van der Waals surface area (Å²) in [7, 11) is 3.21. The fraction of sp³-hybridized carbons (Fsp3) is 0.550. The number of amides is 1. The largest absolute Gasteiger partial charge is 0.497 e. The molecule has 3 rings (SSSR count). The highest BCUT2D eigenvalue weighted by Gasteiger charge is 2.23. The Kier molecular flexibility index (Phi) is 7.24. The van der Waals surface area contributed by atoms with Gasteiger partial charge in [0.1, 0.15) is 11.5 Å². The van der Waals surface area contributed by atoms with Crippen LogP contribution < -0.4 is 20.6 Å². The third-order valence-electron chi connectivity index (χ3n) is 5.27. The zero-order chi connectivity index (χ0) is 20.8. The molecule has 0 saturated heterocycles. The maximum Gasteiger partial charge on any atom is 0.230 e. The number of thioether (sulfide) groups is 1. The summed E-state index contributed by atoms with van der Waals surface area (Å²) < 4.78 is 12.2. The van der Waals surface area contributed by atoms with Crippen LogP contribution in [0.15, 0.2) is 23.4 Å². The van der Waals surface area contributed by atoms with E-state index < -0.39 is 0 Å². The highest BCUT2D eigenvalue weighted by Crippen LogP contribution is 2.32. The van der Waals surface area contributed by atoms with Crippen molar-refractivity contribution in [1.82, 2.24) is 20.2 Å². The molecule has 1 aliphatic carbocycles. The molecule has 2 aromatic rings. The Morgan fingerprint density at radius 1 is 1.28 bits per heavy atom. The molecule has 1 amide bonds. The SMILES string of the molecule is COc1ccc(OC)c([C@@H](C)NC(=O)CSc2nnc(C3CCCCC3)n2N)c1. The van der Waals surface area contributed by atoms with Gasteiger partial charge in [0, 0.05) is 11.5 Å². The Morgan fingerprint density at radius 2 is 2.03 bits per heavy atom. The molecule has 1 atom stereocenters. The van der Waals surface area contributed by atoms with Crippen LogP contribution in [0.25, 0.3) is 0 Å². The Labute approximate surface area is 175 Å². The summed E-state index contributed by atoms with van der Waals surface area (Å²) in [6.07, 6.45) is 5.87. The molecule has 0 unspecified atom stereocenters. The van der Waals surface area contributed by atoms with Crippen LogP contribution in [0.5, 0.6) is 11.5 Å². The molecule has 1 aliphatic rings. The number of nitrogens with one attached hydrogen (secondary N) is 1. The molecule has 0 bridgehead atoms. The second kappa shape index (κ2) is 9.87. The normalized spacial score (nSPS) is 15.7. The molecule has 8 nitrogen and oxygen atoms in total. The minimum atomic E-state index is -0.235. The van der Waals surface area contributed by atoms with Gasteiger partial charge in [0.15, 0.2) is 5.82 Å². The quantitative estimate of drug-likeness (QED) is 0.500. The standard InChI is InChI=1S/C20H29N5O3S/c1-13(16-11-15(27-2)9-10-17(16)28-3)22-18(26)12-29-20-24-23-19(25(20)21)14-7-5-4-6-8-14/h9-11,13-14H,4-8,12,21H2,1-3H3,(H,22,26)/t13-/m1/s1. The summed E-state index contributed by atoms with van der Waals surface area (Å²) >= 11 is 1.29. The predicted octanol–water partition coefficient (Wildman–Crippen LogP) is 3.03. The molecule has 0 aliphatic heterocycles. The minimum absolute atomic E-state index is 0.116. The monoisotopic (exact) mass is 419 g/mol. The zero-order valence-corrected chi connectivity index (χ0v) is 18.0. The van der Waals surface area contributed by atoms with E-state index in [2.05, 4.69) is 15.5 Å². The van der Waals surface area contributed by atoms with Crippen molar-refractivity contribution in [3.63, 3.8) is 0 Å². The maximum absolute atomic E-state index is 12.5. The summed E-state index contributed by atoms with van der Waals surface area (Å²) in [6, 6.07) is 5.28. The molecule has 0 radical (unpaired) electrons. The molecular formula is C20H29N5O3S. The Balaban J connectivity index is 1.58. The van der Waals surface area contributed by atoms with Crippen molar-refractivity contribution in [2.24, 2.45) is 0 Å². The zero-order valence-electron chi connectivity index (χ0n) is 17.2. The van der Waals surface area contributed by atoms with E-state index in [1.165, 1.54) is 31.0 Å². The number of carbonyl (C=O) groups is 1. The molecule has 3 N–H and O–H groups in total. The van der Waals surface area contributed by atoms with E-state index in [0.717, 1.165) is 24.2 Å². The summed E-state index contributed by atoms with van der Waals surface area (Å²) in [5, 5.41) is 12.0. The number of nitrogens with zero attached hydrogens (tertiary/aromatic N) is 3. The lowest BCUT2D eigenvalue weighted by atomic mass is 9.89. The number of rotatable bonds is 8. The second-order valence-electron chi connectivity index (χ2n) is 7.23. The average molecular weight is 420 g/mol. The number of benzene rings is 1. The van der Waals surface area contributed by atoms with Crippen molar-refractivity contribution in [3.8, 4) is 11.5 Å². The molecule has 29 heavy (non-hydrogen) atoms. The lowest BCUT2D eigenvalue weighted by Gasteiger charge is -2.20. The minimum Gasteiger partial charge on any atom is -0.497 e. The van der Waals surface area contributed by atoms with Gasteiger partial charge in [0.25, 0.3) is 0 Å². The topological polar surface area (TPSA) is 104 Å². The molecule has 158 valence electrons. The van der Waals surface area contributed by atoms with E-state index in [1.807, 2.05) is 25.1 Å². The first kappa shape index (κ1) is 21.3. The highest BCUT2D eigenvalue weighted by molar-refractivity contribution is 7.99. The van der Waals surface area contributed by atoms with Gasteiger partial charge < -0.3 is 20.6 Å². The van der Waals surface area contributed by atoms with Crippen molar-refractivity contribution in [2.45, 2.75) is 56.1 Å². The van der Waals surface area contributed by atoms with Crippen LogP contribution in [0.3, 0.4) is 0 Å². The number of nitrogen functional groups attached to an aromatic ring is 1. The number of aromatic nitrogens is 3. The fourth-order valence-corrected chi connectivity index (χ4v) is 4.37. The van der Waals surface area contributed by atoms with Crippen molar-refractivity contribution >= 4 is 17.7 Å². The van der Waals surface area contributed by atoms with Gasteiger partial charge in [-0.15, -0.1) is 10.2 Å². The van der Waals surface area contributed by atoms with Crippen LogP contribution in [0.4, 0.5) is 0 Å². The molecule has 1 fully saturated rings. The Hall–Kier alpha value is -2.42. The van der Waals surface area contributed by atoms with E-state index in [-0.39, 0.29) is 17.7 Å². The molecule has 1 aromatic heterocycles. The summed E-state index contributed by atoms with van der Waals surface area (Å²) in [5.41, 5.74) is 0.853. The number of hydrogen-bond acceptors (Lipinski definition) is 7. The Morgan fingerprint density at radius 3 is 2.72 bits per heavy atom. The third kappa shape index (κ3) is 5.14. The van der Waals surface area contributed by atoms with Crippen molar-refractivity contribution in [1.29, 1.82) is 0 Å². The first-order valence-corrected chi connectivity index (χ1v) is 10.9. The van der Waals surface area contributed by atoms with Crippen molar-refractivity contribution < 1.29 is 14.3 Å². The lowest BCUT2D eigenvalue weighted by molar-refractivity contribution is -0.119. The maximum atomic E-state index is 12.5. The number of carbonyl (C=O) groups excluding carboxylic acids is 1. The number of hydrogen-bond donors (Lipinski definition) is 2. The summed E-state index contributed by atoms with van der Waals surface area (Å²) in [5.74, 6) is 8.88. The van der Waals surface area contributed by atoms with Gasteiger partial charge in [0.2, 0.25) is 11.1 Å². The summed E-state index contributed by atoms with van der Waals surface area (Å²) in [6.45, 7) is 1.91. The smallest absolute Gasteiger partial charge is 0.230 e. The highest BCUT2D eigenvalue weighted by atomic mass is 32.2. The van der Waals surface area contributed by atoms with E-state index >= 15 is 0 Å². The van der Waals surface area contributed by atoms with Gasteiger partial charge in [-0.05, 0) is 38.0 Å². The van der Waals surface area contributed by atoms with Crippen LogP contribution in [-0.4, -0.2) is 40.8 Å². The van der Waals surface area contributed by atoms with Gasteiger partial charge in [0.05, 0.1) is 26.0 Å². The van der Waals surface area contributed by atoms with Crippen LogP contribution in [-0.2, 0) is 4.79 Å². The van der Waals surface area contributed by atoms with Crippen molar-refractivity contribution in [2.75, 3.05) is 25.8 Å². The van der Waals surface area contributed by atoms with Gasteiger partial charge in [-0.2, -0.15) is 0 Å². The average Bonchev–Trinajstić information content (AvgIpc) is 3.12. The van der Waals surface area contributed by atoms with Crippen LogP contribution in [0.1, 0.15) is 62.4 Å². The van der Waals surface area contributed by atoms with Crippen LogP contribution >= 0.6 is 11.8 Å². The van der Waals surface area contributed by atoms with Crippen LogP contribution in [0, 0.1) is 0 Å². The summed E-state index contributed by atoms with van der Waals surface area (Å²) in [4.78, 5) is 12.5. The van der Waals surface area contributed by atoms with Gasteiger partial charge in [-0.1, -0.05) is 31.0 Å². The third-order valence-corrected chi connectivity index (χ3v) is 6.22. The molecule has 9 heteroatoms. The van der Waals surface area contributed by atoms with Gasteiger partial charge in [-0.3, -0.25) is 4.79 Å². The number of nitrogens with two attached hydrogens (primary N) is 1. The molecular weight excluding hydrogens is 390 g/mol. The van der Waals surface area contributed by atoms with E-state index in [1.54, 1.807) is 18.9 Å². The van der Waals surface area contributed by atoms with E-state index in [9.17, 15) is 4.79 Å². The molecule has 0 spiro atoms. The van der Waals surface area contributed by atoms with E-state index in [0.29, 0.717) is 22.6 Å². The second-order valence-corrected chi connectivity index (χ2v) is 8.17. The first-order valence-electron chi connectivity index (χ1n) is 9.88. The fourth-order valence-electron chi connectivity index (χ4n) is 3.69. The lowest BCUT2D eigenvalue weighted by Crippen LogP contribution is -2.28. The predicted molar refractivity (Wildman–Crippen MR) is 113 cm³/mol.